The van der Waals surface area contributed by atoms with E-state index in [1.807, 2.05) is 0 Å². The Morgan fingerprint density at radius 2 is 2.12 bits per heavy atom. The number of nitrogens with zero attached hydrogens (tertiary/aromatic N) is 1. The molecular weight excluding hydrogens is 353 g/mol. The van der Waals surface area contributed by atoms with Crippen molar-refractivity contribution in [2.75, 3.05) is 20.3 Å². The van der Waals surface area contributed by atoms with Gasteiger partial charge in [0.25, 0.3) is 0 Å². The molecule has 2 rings (SSSR count). The summed E-state index contributed by atoms with van der Waals surface area (Å²) < 4.78 is 40.6. The van der Waals surface area contributed by atoms with Gasteiger partial charge >= 0.3 is 11.8 Å². The molecule has 2 saturated heterocycles. The Kier molecular flexibility index (Phi) is 6.22. The molecule has 9 nitrogen and oxygen atoms in total. The fourth-order valence-electron chi connectivity index (χ4n) is 3.21. The van der Waals surface area contributed by atoms with Gasteiger partial charge in [-0.2, -0.15) is 5.26 Å². The van der Waals surface area contributed by atoms with Crippen LogP contribution >= 0.6 is 0 Å². The van der Waals surface area contributed by atoms with Gasteiger partial charge in [0.05, 0.1) is 25.9 Å². The van der Waals surface area contributed by atoms with Crippen LogP contribution in [-0.4, -0.2) is 78.7 Å². The Morgan fingerprint density at radius 3 is 2.62 bits per heavy atom. The zero-order valence-electron chi connectivity index (χ0n) is 15.0. The number of aliphatic hydroxyl groups excluding tert-OH is 1. The molecule has 0 aliphatic carbocycles. The molecule has 0 spiro atoms. The zero-order valence-corrected chi connectivity index (χ0v) is 15.0. The maximum atomic E-state index is 14.8. The SMILES string of the molecule is COC(=O)C1(O)OC(C(O)C2COC(C)(C)O2)C(C)C(OCC#N)C1F. The van der Waals surface area contributed by atoms with Gasteiger partial charge in [-0.3, -0.25) is 0 Å². The quantitative estimate of drug-likeness (QED) is 0.617. The molecule has 2 N–H and O–H groups in total. The van der Waals surface area contributed by atoms with Crippen molar-refractivity contribution >= 4 is 5.97 Å². The number of aliphatic hydroxyl groups is 2. The topological polar surface area (TPSA) is 127 Å². The highest BCUT2D eigenvalue weighted by atomic mass is 19.1. The van der Waals surface area contributed by atoms with Crippen LogP contribution in [0.4, 0.5) is 4.39 Å². The summed E-state index contributed by atoms with van der Waals surface area (Å²) in [6.45, 7) is 4.41. The van der Waals surface area contributed by atoms with E-state index in [4.69, 9.17) is 24.2 Å². The number of rotatable bonds is 5. The summed E-state index contributed by atoms with van der Waals surface area (Å²) in [5.74, 6) is -6.10. The summed E-state index contributed by atoms with van der Waals surface area (Å²) in [4.78, 5) is 11.9. The predicted molar refractivity (Wildman–Crippen MR) is 82.2 cm³/mol. The molecule has 148 valence electrons. The van der Waals surface area contributed by atoms with Crippen molar-refractivity contribution in [1.29, 1.82) is 5.26 Å². The van der Waals surface area contributed by atoms with Crippen molar-refractivity contribution in [2.24, 2.45) is 5.92 Å². The van der Waals surface area contributed by atoms with Crippen molar-refractivity contribution in [3.8, 4) is 6.07 Å². The fraction of sp³-hybridized carbons (Fsp3) is 0.875. The molecule has 26 heavy (non-hydrogen) atoms. The standard InChI is InChI=1S/C16H24FNO8/c1-8-11(10(19)9-7-24-15(2,3)25-9)26-16(21,14(20)22-4)13(17)12(8)23-6-5-18/h8-13,19,21H,6-7H2,1-4H3. The number of ether oxygens (including phenoxy) is 5. The second-order valence-electron chi connectivity index (χ2n) is 6.82. The van der Waals surface area contributed by atoms with E-state index in [0.29, 0.717) is 0 Å². The van der Waals surface area contributed by atoms with E-state index in [1.54, 1.807) is 19.9 Å². The van der Waals surface area contributed by atoms with Crippen molar-refractivity contribution in [3.63, 3.8) is 0 Å². The number of nitriles is 1. The van der Waals surface area contributed by atoms with Crippen LogP contribution in [0, 0.1) is 17.2 Å². The lowest BCUT2D eigenvalue weighted by Gasteiger charge is -2.47. The molecular formula is C16H24FNO8. The Balaban J connectivity index is 2.29. The monoisotopic (exact) mass is 377 g/mol. The molecule has 0 saturated carbocycles. The molecule has 10 heteroatoms. The minimum absolute atomic E-state index is 0.0418. The average molecular weight is 377 g/mol. The van der Waals surface area contributed by atoms with Crippen molar-refractivity contribution < 1.29 is 43.1 Å². The molecule has 7 unspecified atom stereocenters. The lowest BCUT2D eigenvalue weighted by atomic mass is 9.83. The van der Waals surface area contributed by atoms with Gasteiger partial charge in [-0.25, -0.2) is 9.18 Å². The lowest BCUT2D eigenvalue weighted by molar-refractivity contribution is -0.332. The van der Waals surface area contributed by atoms with E-state index in [1.165, 1.54) is 6.92 Å². The summed E-state index contributed by atoms with van der Waals surface area (Å²) in [5.41, 5.74) is 0. The summed E-state index contributed by atoms with van der Waals surface area (Å²) in [6, 6.07) is 1.70. The van der Waals surface area contributed by atoms with Gasteiger partial charge in [-0.15, -0.1) is 0 Å². The van der Waals surface area contributed by atoms with Crippen LogP contribution in [-0.2, 0) is 28.5 Å². The Hall–Kier alpha value is -1.35. The Bertz CT molecular complexity index is 567. The first-order valence-electron chi connectivity index (χ1n) is 8.18. The fourth-order valence-corrected chi connectivity index (χ4v) is 3.21. The smallest absolute Gasteiger partial charge is 0.369 e. The van der Waals surface area contributed by atoms with Crippen LogP contribution in [0.3, 0.4) is 0 Å². The third-order valence-electron chi connectivity index (χ3n) is 4.58. The molecule has 7 atom stereocenters. The van der Waals surface area contributed by atoms with Crippen LogP contribution in [0.15, 0.2) is 0 Å². The van der Waals surface area contributed by atoms with Crippen LogP contribution in [0.5, 0.6) is 0 Å². The molecule has 2 fully saturated rings. The first kappa shape index (κ1) is 21.0. The normalized spacial score (nSPS) is 40.6. The van der Waals surface area contributed by atoms with E-state index >= 15 is 0 Å². The van der Waals surface area contributed by atoms with E-state index < -0.39 is 60.7 Å². The highest BCUT2D eigenvalue weighted by Crippen LogP contribution is 2.39. The minimum atomic E-state index is -2.98. The first-order valence-corrected chi connectivity index (χ1v) is 8.18. The van der Waals surface area contributed by atoms with Gasteiger partial charge in [-0.05, 0) is 13.8 Å². The average Bonchev–Trinajstić information content (AvgIpc) is 2.96. The van der Waals surface area contributed by atoms with Gasteiger partial charge < -0.3 is 33.9 Å². The number of esters is 1. The summed E-state index contributed by atoms with van der Waals surface area (Å²) in [5, 5.41) is 29.8. The number of halogens is 1. The van der Waals surface area contributed by atoms with Gasteiger partial charge in [0.1, 0.15) is 24.9 Å². The molecule has 2 aliphatic heterocycles. The minimum Gasteiger partial charge on any atom is -0.465 e. The number of hydrogen-bond acceptors (Lipinski definition) is 9. The third kappa shape index (κ3) is 3.83. The Morgan fingerprint density at radius 1 is 1.46 bits per heavy atom. The molecule has 0 aromatic rings. The molecule has 0 bridgehead atoms. The molecule has 0 amide bonds. The first-order chi connectivity index (χ1) is 12.1. The number of carbonyl (C=O) groups is 1. The van der Waals surface area contributed by atoms with Gasteiger partial charge in [0.2, 0.25) is 0 Å². The summed E-state index contributed by atoms with van der Waals surface area (Å²) in [6.07, 6.45) is -7.13. The van der Waals surface area contributed by atoms with Crippen LogP contribution in [0.2, 0.25) is 0 Å². The largest absolute Gasteiger partial charge is 0.465 e. The second kappa shape index (κ2) is 7.72. The van der Waals surface area contributed by atoms with E-state index in [9.17, 15) is 19.4 Å². The number of hydrogen-bond donors (Lipinski definition) is 2. The van der Waals surface area contributed by atoms with Crippen LogP contribution in [0.25, 0.3) is 0 Å². The summed E-state index contributed by atoms with van der Waals surface area (Å²) >= 11 is 0. The number of carbonyl (C=O) groups excluding carboxylic acids is 1. The van der Waals surface area contributed by atoms with Crippen molar-refractivity contribution in [3.05, 3.63) is 0 Å². The highest BCUT2D eigenvalue weighted by molar-refractivity contribution is 5.78. The maximum absolute atomic E-state index is 14.8. The highest BCUT2D eigenvalue weighted by Gasteiger charge is 2.61. The van der Waals surface area contributed by atoms with E-state index in [-0.39, 0.29) is 6.61 Å². The molecule has 2 heterocycles. The zero-order chi connectivity index (χ0) is 19.7. The van der Waals surface area contributed by atoms with E-state index in [0.717, 1.165) is 7.11 Å². The van der Waals surface area contributed by atoms with Gasteiger partial charge in [0, 0.05) is 5.92 Å². The van der Waals surface area contributed by atoms with Gasteiger partial charge in [-0.1, -0.05) is 6.92 Å². The third-order valence-corrected chi connectivity index (χ3v) is 4.58. The van der Waals surface area contributed by atoms with Gasteiger partial charge in [0.15, 0.2) is 12.0 Å². The molecule has 2 aliphatic rings. The van der Waals surface area contributed by atoms with Crippen molar-refractivity contribution in [1.82, 2.24) is 0 Å². The summed E-state index contributed by atoms with van der Waals surface area (Å²) in [7, 11) is 0.960. The van der Waals surface area contributed by atoms with E-state index in [2.05, 4.69) is 4.74 Å². The number of alkyl halides is 1. The maximum Gasteiger partial charge on any atom is 0.369 e. The molecule has 0 aromatic carbocycles. The molecule has 0 aromatic heterocycles. The van der Waals surface area contributed by atoms with Crippen LogP contribution < -0.4 is 0 Å². The number of methoxy groups -OCH3 is 1. The van der Waals surface area contributed by atoms with Crippen molar-refractivity contribution in [2.45, 2.75) is 62.9 Å². The Labute approximate surface area is 150 Å². The van der Waals surface area contributed by atoms with Crippen LogP contribution in [0.1, 0.15) is 20.8 Å². The second-order valence-corrected chi connectivity index (χ2v) is 6.82. The predicted octanol–water partition coefficient (Wildman–Crippen LogP) is -0.358. The lowest BCUT2D eigenvalue weighted by Crippen LogP contribution is -2.67. The molecule has 0 radical (unpaired) electrons.